The molecule has 0 aromatic heterocycles. The second kappa shape index (κ2) is 7.14. The minimum Gasteiger partial charge on any atom is -0.493 e. The van der Waals surface area contributed by atoms with Gasteiger partial charge in [-0.2, -0.15) is 0 Å². The minimum absolute atomic E-state index is 0.118. The highest BCUT2D eigenvalue weighted by Crippen LogP contribution is 2.30. The molecule has 1 aromatic carbocycles. The van der Waals surface area contributed by atoms with Gasteiger partial charge in [0.1, 0.15) is 0 Å². The van der Waals surface area contributed by atoms with Gasteiger partial charge in [0.05, 0.1) is 14.2 Å². The first-order chi connectivity index (χ1) is 9.76. The first kappa shape index (κ1) is 14.7. The van der Waals surface area contributed by atoms with Gasteiger partial charge in [0, 0.05) is 18.0 Å². The van der Waals surface area contributed by atoms with Crippen molar-refractivity contribution in [3.63, 3.8) is 0 Å². The predicted molar refractivity (Wildman–Crippen MR) is 77.0 cm³/mol. The number of carbonyl (C=O) groups excluding carboxylic acids is 1. The third kappa shape index (κ3) is 3.42. The van der Waals surface area contributed by atoms with Gasteiger partial charge in [-0.3, -0.25) is 4.79 Å². The molecule has 0 bridgehead atoms. The molecule has 0 unspecified atom stereocenters. The van der Waals surface area contributed by atoms with Gasteiger partial charge in [-0.25, -0.2) is 0 Å². The van der Waals surface area contributed by atoms with Crippen LogP contribution in [0.25, 0.3) is 0 Å². The maximum Gasteiger partial charge on any atom is 0.223 e. The summed E-state index contributed by atoms with van der Waals surface area (Å²) in [5.41, 5.74) is 0.925. The van der Waals surface area contributed by atoms with Gasteiger partial charge in [-0.05, 0) is 32.0 Å². The normalized spacial score (nSPS) is 15.7. The van der Waals surface area contributed by atoms with E-state index in [4.69, 9.17) is 9.47 Å². The van der Waals surface area contributed by atoms with Crippen LogP contribution in [0.1, 0.15) is 18.4 Å². The van der Waals surface area contributed by atoms with Crippen LogP contribution in [0.5, 0.6) is 11.5 Å². The van der Waals surface area contributed by atoms with Crippen molar-refractivity contribution in [3.8, 4) is 11.5 Å². The number of hydrogen-bond donors (Lipinski definition) is 2. The van der Waals surface area contributed by atoms with Crippen LogP contribution in [0.3, 0.4) is 0 Å². The summed E-state index contributed by atoms with van der Waals surface area (Å²) in [6.45, 7) is 2.30. The Morgan fingerprint density at radius 2 is 2.05 bits per heavy atom. The van der Waals surface area contributed by atoms with Crippen LogP contribution in [-0.4, -0.2) is 33.2 Å². The largest absolute Gasteiger partial charge is 0.493 e. The Labute approximate surface area is 119 Å². The molecule has 110 valence electrons. The number of methoxy groups -OCH3 is 2. The van der Waals surface area contributed by atoms with Crippen molar-refractivity contribution < 1.29 is 14.3 Å². The van der Waals surface area contributed by atoms with E-state index in [1.165, 1.54) is 0 Å². The second-order valence-corrected chi connectivity index (χ2v) is 4.89. The Balaban J connectivity index is 1.98. The number of benzene rings is 1. The Bertz CT molecular complexity index is 456. The molecular formula is C15H22N2O3. The van der Waals surface area contributed by atoms with Crippen molar-refractivity contribution in [2.75, 3.05) is 27.3 Å². The zero-order valence-electron chi connectivity index (χ0n) is 12.1. The number of para-hydroxylation sites is 1. The lowest BCUT2D eigenvalue weighted by Crippen LogP contribution is -2.37. The molecule has 20 heavy (non-hydrogen) atoms. The summed E-state index contributed by atoms with van der Waals surface area (Å²) in [5, 5.41) is 6.25. The molecule has 2 rings (SSSR count). The van der Waals surface area contributed by atoms with E-state index in [2.05, 4.69) is 10.6 Å². The topological polar surface area (TPSA) is 59.6 Å². The van der Waals surface area contributed by atoms with E-state index in [-0.39, 0.29) is 11.8 Å². The van der Waals surface area contributed by atoms with Crippen molar-refractivity contribution in [2.24, 2.45) is 5.92 Å². The third-order valence-electron chi connectivity index (χ3n) is 3.65. The van der Waals surface area contributed by atoms with E-state index in [0.29, 0.717) is 18.0 Å². The van der Waals surface area contributed by atoms with Crippen LogP contribution < -0.4 is 20.1 Å². The van der Waals surface area contributed by atoms with Crippen molar-refractivity contribution in [2.45, 2.75) is 19.4 Å². The molecule has 2 N–H and O–H groups in total. The molecule has 1 heterocycles. The van der Waals surface area contributed by atoms with Crippen LogP contribution in [0, 0.1) is 5.92 Å². The quantitative estimate of drug-likeness (QED) is 0.853. The number of hydrogen-bond acceptors (Lipinski definition) is 4. The molecule has 0 saturated carbocycles. The lowest BCUT2D eigenvalue weighted by atomic mass is 9.97. The van der Waals surface area contributed by atoms with Gasteiger partial charge in [-0.1, -0.05) is 12.1 Å². The molecule has 0 radical (unpaired) electrons. The fourth-order valence-electron chi connectivity index (χ4n) is 2.50. The number of ether oxygens (including phenoxy) is 2. The number of rotatable bonds is 5. The number of piperidine rings is 1. The van der Waals surface area contributed by atoms with E-state index in [0.717, 1.165) is 31.5 Å². The Kier molecular flexibility index (Phi) is 5.24. The summed E-state index contributed by atoms with van der Waals surface area (Å²) in [6.07, 6.45) is 1.81. The number of carbonyl (C=O) groups is 1. The molecule has 0 spiro atoms. The van der Waals surface area contributed by atoms with Crippen molar-refractivity contribution in [3.05, 3.63) is 23.8 Å². The first-order valence-electron chi connectivity index (χ1n) is 6.94. The maximum atomic E-state index is 12.1. The molecule has 1 aliphatic rings. The van der Waals surface area contributed by atoms with Crippen LogP contribution in [0.2, 0.25) is 0 Å². The monoisotopic (exact) mass is 278 g/mol. The summed E-state index contributed by atoms with van der Waals surface area (Å²) in [4.78, 5) is 12.1. The molecule has 5 heteroatoms. The van der Waals surface area contributed by atoms with Crippen molar-refractivity contribution >= 4 is 5.91 Å². The minimum atomic E-state index is 0.118. The smallest absolute Gasteiger partial charge is 0.223 e. The summed E-state index contributed by atoms with van der Waals surface area (Å²) < 4.78 is 10.6. The van der Waals surface area contributed by atoms with E-state index >= 15 is 0 Å². The summed E-state index contributed by atoms with van der Waals surface area (Å²) >= 11 is 0. The molecule has 1 fully saturated rings. The SMILES string of the molecule is COc1cccc(CNC(=O)C2CCNCC2)c1OC. The average molecular weight is 278 g/mol. The molecule has 1 amide bonds. The van der Waals surface area contributed by atoms with E-state index in [1.807, 2.05) is 18.2 Å². The van der Waals surface area contributed by atoms with Gasteiger partial charge in [-0.15, -0.1) is 0 Å². The molecule has 1 aliphatic heterocycles. The highest BCUT2D eigenvalue weighted by atomic mass is 16.5. The fraction of sp³-hybridized carbons (Fsp3) is 0.533. The molecular weight excluding hydrogens is 256 g/mol. The fourth-order valence-corrected chi connectivity index (χ4v) is 2.50. The highest BCUT2D eigenvalue weighted by molar-refractivity contribution is 5.78. The molecule has 1 saturated heterocycles. The molecule has 5 nitrogen and oxygen atoms in total. The van der Waals surface area contributed by atoms with Gasteiger partial charge in [0.2, 0.25) is 5.91 Å². The number of nitrogens with one attached hydrogen (secondary N) is 2. The van der Waals surface area contributed by atoms with Crippen molar-refractivity contribution in [1.82, 2.24) is 10.6 Å². The Morgan fingerprint density at radius 3 is 2.70 bits per heavy atom. The van der Waals surface area contributed by atoms with E-state index in [9.17, 15) is 4.79 Å². The average Bonchev–Trinajstić information content (AvgIpc) is 2.52. The summed E-state index contributed by atoms with van der Waals surface area (Å²) in [7, 11) is 3.21. The first-order valence-corrected chi connectivity index (χ1v) is 6.94. The molecule has 0 atom stereocenters. The second-order valence-electron chi connectivity index (χ2n) is 4.89. The van der Waals surface area contributed by atoms with Crippen LogP contribution in [-0.2, 0) is 11.3 Å². The van der Waals surface area contributed by atoms with Crippen LogP contribution in [0.4, 0.5) is 0 Å². The molecule has 1 aromatic rings. The van der Waals surface area contributed by atoms with Crippen molar-refractivity contribution in [1.29, 1.82) is 0 Å². The summed E-state index contributed by atoms with van der Waals surface area (Å²) in [5.74, 6) is 1.60. The van der Waals surface area contributed by atoms with Gasteiger partial charge < -0.3 is 20.1 Å². The van der Waals surface area contributed by atoms with E-state index in [1.54, 1.807) is 14.2 Å². The zero-order chi connectivity index (χ0) is 14.4. The van der Waals surface area contributed by atoms with Gasteiger partial charge in [0.25, 0.3) is 0 Å². The zero-order valence-corrected chi connectivity index (χ0v) is 12.1. The van der Waals surface area contributed by atoms with Gasteiger partial charge in [0.15, 0.2) is 11.5 Å². The summed E-state index contributed by atoms with van der Waals surface area (Å²) in [6, 6.07) is 5.67. The lowest BCUT2D eigenvalue weighted by Gasteiger charge is -2.22. The Hall–Kier alpha value is -1.75. The van der Waals surface area contributed by atoms with Crippen LogP contribution in [0.15, 0.2) is 18.2 Å². The highest BCUT2D eigenvalue weighted by Gasteiger charge is 2.21. The van der Waals surface area contributed by atoms with E-state index < -0.39 is 0 Å². The lowest BCUT2D eigenvalue weighted by molar-refractivity contribution is -0.125. The Morgan fingerprint density at radius 1 is 1.30 bits per heavy atom. The van der Waals surface area contributed by atoms with Gasteiger partial charge >= 0.3 is 0 Å². The third-order valence-corrected chi connectivity index (χ3v) is 3.65. The predicted octanol–water partition coefficient (Wildman–Crippen LogP) is 1.32. The maximum absolute atomic E-state index is 12.1. The van der Waals surface area contributed by atoms with Crippen LogP contribution >= 0.6 is 0 Å². The number of amides is 1. The standard InChI is InChI=1S/C15H22N2O3/c1-19-13-5-3-4-12(14(13)20-2)10-17-15(18)11-6-8-16-9-7-11/h3-5,11,16H,6-10H2,1-2H3,(H,17,18). The molecule has 0 aliphatic carbocycles.